The summed E-state index contributed by atoms with van der Waals surface area (Å²) >= 11 is 0. The molecule has 0 aliphatic carbocycles. The first-order valence-corrected chi connectivity index (χ1v) is 35.1. The molecule has 10 heterocycles. The van der Waals surface area contributed by atoms with Gasteiger partial charge in [-0.3, -0.25) is 0 Å². The van der Waals surface area contributed by atoms with Crippen LogP contribution in [0.2, 0.25) is 0 Å². The summed E-state index contributed by atoms with van der Waals surface area (Å²) in [5, 5.41) is 5.04. The van der Waals surface area contributed by atoms with Crippen molar-refractivity contribution in [3.8, 4) is 0 Å². The number of anilines is 17. The molecular weight excluding hydrogens is 1210 g/mol. The number of benzene rings is 14. The highest BCUT2D eigenvalue weighted by Crippen LogP contribution is 2.55. The molecular formula is C90H58B3N7. The first-order chi connectivity index (χ1) is 49.6. The lowest BCUT2D eigenvalue weighted by Gasteiger charge is -2.45. The predicted octanol–water partition coefficient (Wildman–Crippen LogP) is 17.5. The molecule has 0 atom stereocenters. The Kier molecular flexibility index (Phi) is 11.0. The zero-order chi connectivity index (χ0) is 65.2. The molecule has 100 heavy (non-hydrogen) atoms. The number of fused-ring (bicyclic) bond motifs is 11. The van der Waals surface area contributed by atoms with Gasteiger partial charge in [0.05, 0.1) is 22.2 Å². The van der Waals surface area contributed by atoms with Gasteiger partial charge in [0.15, 0.2) is 0 Å². The van der Waals surface area contributed by atoms with Gasteiger partial charge >= 0.3 is 0 Å². The van der Waals surface area contributed by atoms with Crippen LogP contribution in [0.5, 0.6) is 0 Å². The van der Waals surface area contributed by atoms with Gasteiger partial charge in [-0.15, -0.1) is 0 Å². The van der Waals surface area contributed by atoms with E-state index in [1.54, 1.807) is 0 Å². The number of aromatic nitrogens is 1. The zero-order valence-corrected chi connectivity index (χ0v) is 54.7. The van der Waals surface area contributed by atoms with Gasteiger partial charge in [0.1, 0.15) is 0 Å². The van der Waals surface area contributed by atoms with Crippen molar-refractivity contribution in [3.05, 3.63) is 338 Å². The van der Waals surface area contributed by atoms with E-state index >= 15 is 0 Å². The summed E-state index contributed by atoms with van der Waals surface area (Å²) in [6, 6.07) is 117. The Bertz CT molecular complexity index is 6260. The minimum absolute atomic E-state index is 0.101. The van der Waals surface area contributed by atoms with Crippen molar-refractivity contribution in [2.75, 3.05) is 29.4 Å². The normalized spacial score (nSPS) is 15.1. The molecule has 8 bridgehead atoms. The van der Waals surface area contributed by atoms with E-state index in [1.807, 2.05) is 0 Å². The largest absolute Gasteiger partial charge is 0.312 e. The standard InChI is InChI=1S/C90H58B3N7/c1-56-70-41-22-26-57-48-49-67-81(52-57)97(61-33-14-5-15-34-61)77-46-24-45-76-87(77)93(67)88-79(96(76)60-31-12-4-13-32-60)51-50-72-83(88)65-54-69-90(99(63-37-18-7-19-38-63)78-47-25-42-73(85(78)91(56)69)94(70)58-27-8-2-9-28-58)84-64-53-68-82(55-80(64)100(72)89(65)84)98(62-35-16-6-17-36-62)75-44-23-43-74-86(75)92(68)66-39-20-21-40-71(66)95(74)59-29-10-3-11-30-59/h2-25,27-55H,26H2,1H3/b41-22-. The fourth-order valence-corrected chi connectivity index (χ4v) is 19.2. The topological polar surface area (TPSA) is 23.9 Å². The second-order valence-corrected chi connectivity index (χ2v) is 27.8. The van der Waals surface area contributed by atoms with Gasteiger partial charge in [-0.1, -0.05) is 181 Å². The summed E-state index contributed by atoms with van der Waals surface area (Å²) in [6.07, 6.45) is 5.62. The van der Waals surface area contributed by atoms with Crippen molar-refractivity contribution >= 4 is 199 Å². The van der Waals surface area contributed by atoms with Gasteiger partial charge in [0.25, 0.3) is 13.4 Å². The molecule has 8 aliphatic heterocycles. The molecule has 0 saturated carbocycles. The van der Waals surface area contributed by atoms with E-state index in [2.05, 4.69) is 362 Å². The van der Waals surface area contributed by atoms with Crippen LogP contribution in [0.3, 0.4) is 0 Å². The predicted molar refractivity (Wildman–Crippen MR) is 423 cm³/mol. The van der Waals surface area contributed by atoms with Crippen molar-refractivity contribution < 1.29 is 0 Å². The molecule has 0 amide bonds. The maximum absolute atomic E-state index is 2.72. The van der Waals surface area contributed by atoms with E-state index < -0.39 is 0 Å². The number of rotatable bonds is 6. The van der Waals surface area contributed by atoms with Crippen LogP contribution in [0.4, 0.5) is 96.7 Å². The molecule has 14 aromatic carbocycles. The van der Waals surface area contributed by atoms with Crippen molar-refractivity contribution in [2.24, 2.45) is 0 Å². The van der Waals surface area contributed by atoms with Crippen molar-refractivity contribution in [2.45, 2.75) is 13.3 Å². The number of hydrogen-bond acceptors (Lipinski definition) is 6. The van der Waals surface area contributed by atoms with Crippen LogP contribution in [-0.2, 0) is 6.42 Å². The zero-order valence-electron chi connectivity index (χ0n) is 54.7. The highest BCUT2D eigenvalue weighted by atomic mass is 15.2. The van der Waals surface area contributed by atoms with E-state index in [0.29, 0.717) is 0 Å². The first-order valence-electron chi connectivity index (χ1n) is 35.1. The second kappa shape index (κ2) is 20.2. The molecule has 24 rings (SSSR count). The minimum atomic E-state index is -0.144. The Hall–Kier alpha value is -12.6. The summed E-state index contributed by atoms with van der Waals surface area (Å²) in [4.78, 5) is 15.4. The molecule has 2 aromatic heterocycles. The molecule has 462 valence electrons. The molecule has 0 fully saturated rings. The molecule has 0 spiro atoms. The first kappa shape index (κ1) is 54.5. The van der Waals surface area contributed by atoms with E-state index in [1.165, 1.54) is 161 Å². The lowest BCUT2D eigenvalue weighted by molar-refractivity contribution is 1.16. The fourth-order valence-electron chi connectivity index (χ4n) is 19.2. The molecule has 8 aliphatic rings. The summed E-state index contributed by atoms with van der Waals surface area (Å²) in [5.74, 6) is 0. The van der Waals surface area contributed by atoms with E-state index in [4.69, 9.17) is 0 Å². The minimum Gasteiger partial charge on any atom is -0.312 e. The monoisotopic (exact) mass is 1270 g/mol. The van der Waals surface area contributed by atoms with Crippen molar-refractivity contribution in [3.63, 3.8) is 0 Å². The number of para-hydroxylation sites is 7. The van der Waals surface area contributed by atoms with Crippen molar-refractivity contribution in [1.29, 1.82) is 0 Å². The highest BCUT2D eigenvalue weighted by molar-refractivity contribution is 7.02. The van der Waals surface area contributed by atoms with Crippen LogP contribution in [0.1, 0.15) is 12.5 Å². The molecule has 0 saturated heterocycles. The van der Waals surface area contributed by atoms with Gasteiger partial charge in [0.2, 0.25) is 6.71 Å². The number of allylic oxidation sites excluding steroid dienone is 3. The smallest absolute Gasteiger partial charge is 0.253 e. The van der Waals surface area contributed by atoms with E-state index in [-0.39, 0.29) is 20.1 Å². The summed E-state index contributed by atoms with van der Waals surface area (Å²) < 4.78 is 2.72. The maximum Gasteiger partial charge on any atom is 0.253 e. The SMILES string of the molecule is CC1=C2/C=C\Cc3ccc4c(c3)N(c3ccccc3)c3cccc5c3B4c3c(ccc4c3c3cc6c(c7c8cc9c(cc8n4c37)N(c3ccccc3)c3cccc4c3B9c3ccccc3N4c3ccccc3)N(c3ccccc3)c3cccc(c3B16)N2c1ccccc1)N5c1ccccc1. The van der Waals surface area contributed by atoms with Crippen LogP contribution >= 0.6 is 0 Å². The molecule has 0 radical (unpaired) electrons. The van der Waals surface area contributed by atoms with Crippen LogP contribution in [-0.4, -0.2) is 24.5 Å². The Morgan fingerprint density at radius 3 is 1.29 bits per heavy atom. The lowest BCUT2D eigenvalue weighted by atomic mass is 9.32. The van der Waals surface area contributed by atoms with Crippen LogP contribution < -0.4 is 73.1 Å². The molecule has 0 unspecified atom stereocenters. The fraction of sp³-hybridized carbons (Fsp3) is 0.0222. The highest BCUT2D eigenvalue weighted by Gasteiger charge is 2.50. The van der Waals surface area contributed by atoms with Crippen LogP contribution in [0.25, 0.3) is 38.1 Å². The number of hydrogen-bond donors (Lipinski definition) is 0. The lowest BCUT2D eigenvalue weighted by Crippen LogP contribution is -2.61. The second-order valence-electron chi connectivity index (χ2n) is 27.8. The summed E-state index contributed by atoms with van der Waals surface area (Å²) in [7, 11) is 0. The van der Waals surface area contributed by atoms with E-state index in [9.17, 15) is 0 Å². The van der Waals surface area contributed by atoms with Gasteiger partial charge in [-0.05, 0) is 208 Å². The number of nitrogens with zero attached hydrogens (tertiary/aromatic N) is 7. The van der Waals surface area contributed by atoms with Gasteiger partial charge < -0.3 is 33.8 Å². The molecule has 7 nitrogen and oxygen atoms in total. The average Bonchev–Trinajstić information content (AvgIpc) is 1.44. The quantitative estimate of drug-likeness (QED) is 0.154. The van der Waals surface area contributed by atoms with E-state index in [0.717, 1.165) is 40.5 Å². The summed E-state index contributed by atoms with van der Waals surface area (Å²) in [6.45, 7) is 2.06. The summed E-state index contributed by atoms with van der Waals surface area (Å²) in [5.41, 5.74) is 37.7. The van der Waals surface area contributed by atoms with Gasteiger partial charge in [0, 0.05) is 118 Å². The Morgan fingerprint density at radius 1 is 0.280 bits per heavy atom. The van der Waals surface area contributed by atoms with Crippen molar-refractivity contribution in [1.82, 2.24) is 4.40 Å². The Morgan fingerprint density at radius 2 is 0.710 bits per heavy atom. The Balaban J connectivity index is 0.922. The van der Waals surface area contributed by atoms with Crippen LogP contribution in [0.15, 0.2) is 333 Å². The third-order valence-corrected chi connectivity index (χ3v) is 22.9. The van der Waals surface area contributed by atoms with Crippen LogP contribution in [0, 0.1) is 0 Å². The van der Waals surface area contributed by atoms with Gasteiger partial charge in [-0.2, -0.15) is 0 Å². The molecule has 0 N–H and O–H groups in total. The third-order valence-electron chi connectivity index (χ3n) is 22.9. The third kappa shape index (κ3) is 7.11. The average molecular weight is 1270 g/mol. The Labute approximate surface area is 580 Å². The maximum atomic E-state index is 2.72. The van der Waals surface area contributed by atoms with Gasteiger partial charge in [-0.25, -0.2) is 0 Å². The molecule has 16 aromatic rings. The molecule has 10 heteroatoms.